The Morgan fingerprint density at radius 1 is 1.50 bits per heavy atom. The van der Waals surface area contributed by atoms with Crippen LogP contribution in [0.4, 0.5) is 0 Å². The second kappa shape index (κ2) is 4.65. The lowest BCUT2D eigenvalue weighted by Gasteiger charge is -2.37. The van der Waals surface area contributed by atoms with Crippen LogP contribution in [0.1, 0.15) is 19.3 Å². The molecule has 1 saturated carbocycles. The number of hydrogen-bond donors (Lipinski definition) is 2. The molecule has 1 unspecified atom stereocenters. The fourth-order valence-electron chi connectivity index (χ4n) is 1.32. The molecule has 0 spiro atoms. The van der Waals surface area contributed by atoms with E-state index in [4.69, 9.17) is 10.5 Å². The van der Waals surface area contributed by atoms with Crippen molar-refractivity contribution in [2.75, 3.05) is 12.0 Å². The fraction of sp³-hybridized carbons (Fsp3) is 1.00. The summed E-state index contributed by atoms with van der Waals surface area (Å²) >= 11 is 0. The Labute approximate surface area is 86.3 Å². The van der Waals surface area contributed by atoms with Crippen molar-refractivity contribution in [2.45, 2.75) is 24.8 Å². The number of hydrogen-bond acceptors (Lipinski definition) is 3. The van der Waals surface area contributed by atoms with Gasteiger partial charge < -0.3 is 5.73 Å². The molecule has 0 heterocycles. The van der Waals surface area contributed by atoms with E-state index in [1.54, 1.807) is 0 Å². The van der Waals surface area contributed by atoms with Crippen LogP contribution < -0.4 is 5.73 Å². The van der Waals surface area contributed by atoms with Crippen LogP contribution in [0.15, 0.2) is 0 Å². The van der Waals surface area contributed by atoms with Crippen LogP contribution in [0.2, 0.25) is 0 Å². The highest BCUT2D eigenvalue weighted by Gasteiger charge is 2.34. The second-order valence-corrected chi connectivity index (χ2v) is 5.66. The van der Waals surface area contributed by atoms with Crippen molar-refractivity contribution in [3.63, 3.8) is 0 Å². The molecule has 3 nitrogen and oxygen atoms in total. The standard InChI is InChI=1S/C6H14N2OS.2ClH/c1-10(8,9)5-6(7)3-2-4-6;;/h8H,2-5,7H2,1H3;2*1H. The zero-order valence-corrected chi connectivity index (χ0v) is 9.49. The van der Waals surface area contributed by atoms with Gasteiger partial charge in [-0.05, 0) is 19.3 Å². The lowest BCUT2D eigenvalue weighted by molar-refractivity contribution is 0.281. The van der Waals surface area contributed by atoms with Gasteiger partial charge in [-0.15, -0.1) is 24.8 Å². The first kappa shape index (κ1) is 15.0. The molecule has 1 fully saturated rings. The van der Waals surface area contributed by atoms with E-state index in [-0.39, 0.29) is 30.4 Å². The summed E-state index contributed by atoms with van der Waals surface area (Å²) in [6.07, 6.45) is 4.47. The minimum Gasteiger partial charge on any atom is -0.324 e. The maximum atomic E-state index is 11.0. The van der Waals surface area contributed by atoms with Gasteiger partial charge in [-0.1, -0.05) is 0 Å². The number of rotatable bonds is 2. The molecule has 0 aromatic heterocycles. The van der Waals surface area contributed by atoms with Crippen LogP contribution in [0.25, 0.3) is 0 Å². The second-order valence-electron chi connectivity index (χ2n) is 3.37. The summed E-state index contributed by atoms with van der Waals surface area (Å²) in [5.74, 6) is 0.375. The minimum atomic E-state index is -2.37. The fourth-order valence-corrected chi connectivity index (χ4v) is 2.71. The Hall–Kier alpha value is 0.490. The van der Waals surface area contributed by atoms with Gasteiger partial charge in [0.05, 0.1) is 0 Å². The SMILES string of the molecule is CS(=N)(=O)CC1(N)CCC1.Cl.Cl. The van der Waals surface area contributed by atoms with Crippen molar-refractivity contribution >= 4 is 34.5 Å². The van der Waals surface area contributed by atoms with Gasteiger partial charge >= 0.3 is 0 Å². The zero-order chi connectivity index (χ0) is 7.83. The lowest BCUT2D eigenvalue weighted by atomic mass is 9.79. The molecule has 1 rings (SSSR count). The molecule has 12 heavy (non-hydrogen) atoms. The topological polar surface area (TPSA) is 66.9 Å². The van der Waals surface area contributed by atoms with Gasteiger partial charge in [-0.25, -0.2) is 0 Å². The maximum absolute atomic E-state index is 11.0. The summed E-state index contributed by atoms with van der Waals surface area (Å²) in [5.41, 5.74) is 5.53. The zero-order valence-electron chi connectivity index (χ0n) is 7.04. The van der Waals surface area contributed by atoms with Crippen LogP contribution in [0, 0.1) is 4.78 Å². The Morgan fingerprint density at radius 2 is 1.92 bits per heavy atom. The average molecular weight is 235 g/mol. The van der Waals surface area contributed by atoms with Gasteiger partial charge in [-0.2, -0.15) is 0 Å². The molecule has 1 aliphatic carbocycles. The molecule has 1 aliphatic rings. The van der Waals surface area contributed by atoms with Crippen molar-refractivity contribution in [2.24, 2.45) is 5.73 Å². The minimum absolute atomic E-state index is 0. The molecule has 0 aliphatic heterocycles. The van der Waals surface area contributed by atoms with Crippen molar-refractivity contribution in [3.05, 3.63) is 0 Å². The van der Waals surface area contributed by atoms with Gasteiger partial charge in [0.15, 0.2) is 0 Å². The molecule has 1 atom stereocenters. The number of nitrogens with one attached hydrogen (secondary N) is 1. The summed E-state index contributed by atoms with van der Waals surface area (Å²) in [7, 11) is -2.37. The predicted molar refractivity (Wildman–Crippen MR) is 56.9 cm³/mol. The molecule has 6 heteroatoms. The summed E-state index contributed by atoms with van der Waals surface area (Å²) in [6, 6.07) is 0. The van der Waals surface area contributed by atoms with Crippen molar-refractivity contribution in [1.82, 2.24) is 0 Å². The molecule has 0 saturated heterocycles. The molecular formula is C6H16Cl2N2OS. The highest BCUT2D eigenvalue weighted by atomic mass is 35.5. The van der Waals surface area contributed by atoms with E-state index in [0.717, 1.165) is 19.3 Å². The van der Waals surface area contributed by atoms with Gasteiger partial charge in [0, 0.05) is 27.3 Å². The van der Waals surface area contributed by atoms with E-state index >= 15 is 0 Å². The Morgan fingerprint density at radius 3 is 2.00 bits per heavy atom. The average Bonchev–Trinajstić information content (AvgIpc) is 1.57. The first-order valence-corrected chi connectivity index (χ1v) is 5.55. The highest BCUT2D eigenvalue weighted by Crippen LogP contribution is 2.30. The van der Waals surface area contributed by atoms with Crippen LogP contribution in [0.5, 0.6) is 0 Å². The summed E-state index contributed by atoms with van der Waals surface area (Å²) in [6.45, 7) is 0. The van der Waals surface area contributed by atoms with Gasteiger partial charge in [0.2, 0.25) is 0 Å². The third-order valence-electron chi connectivity index (χ3n) is 1.91. The normalized spacial score (nSPS) is 23.8. The summed E-state index contributed by atoms with van der Waals surface area (Å²) in [5, 5.41) is 0. The van der Waals surface area contributed by atoms with Gasteiger partial charge in [0.25, 0.3) is 0 Å². The smallest absolute Gasteiger partial charge is 0.0493 e. The van der Waals surface area contributed by atoms with Crippen LogP contribution >= 0.6 is 24.8 Å². The van der Waals surface area contributed by atoms with Gasteiger partial charge in [-0.3, -0.25) is 8.99 Å². The molecule has 3 N–H and O–H groups in total. The lowest BCUT2D eigenvalue weighted by Crippen LogP contribution is -2.51. The van der Waals surface area contributed by atoms with Crippen LogP contribution in [-0.4, -0.2) is 21.8 Å². The third-order valence-corrected chi connectivity index (χ3v) is 3.04. The third kappa shape index (κ3) is 4.50. The van der Waals surface area contributed by atoms with Crippen molar-refractivity contribution in [1.29, 1.82) is 4.78 Å². The Bertz CT molecular complexity index is 224. The van der Waals surface area contributed by atoms with Crippen molar-refractivity contribution < 1.29 is 4.21 Å². The molecular weight excluding hydrogens is 219 g/mol. The molecule has 76 valence electrons. The van der Waals surface area contributed by atoms with Crippen molar-refractivity contribution in [3.8, 4) is 0 Å². The first-order valence-electron chi connectivity index (χ1n) is 3.42. The summed E-state index contributed by atoms with van der Waals surface area (Å²) in [4.78, 5) is 0. The number of nitrogens with two attached hydrogens (primary N) is 1. The van der Waals surface area contributed by atoms with E-state index in [9.17, 15) is 4.21 Å². The van der Waals surface area contributed by atoms with Crippen LogP contribution in [0.3, 0.4) is 0 Å². The molecule has 0 aromatic rings. The first-order chi connectivity index (χ1) is 4.41. The largest absolute Gasteiger partial charge is 0.324 e. The highest BCUT2D eigenvalue weighted by molar-refractivity contribution is 7.91. The Kier molecular flexibility index (Phi) is 5.81. The van der Waals surface area contributed by atoms with Crippen LogP contribution in [-0.2, 0) is 9.73 Å². The van der Waals surface area contributed by atoms with E-state index in [0.29, 0.717) is 5.75 Å². The molecule has 0 amide bonds. The molecule has 0 aromatic carbocycles. The quantitative estimate of drug-likeness (QED) is 0.759. The van der Waals surface area contributed by atoms with E-state index in [2.05, 4.69) is 0 Å². The molecule has 0 radical (unpaired) electrons. The maximum Gasteiger partial charge on any atom is 0.0493 e. The van der Waals surface area contributed by atoms with Gasteiger partial charge in [0.1, 0.15) is 0 Å². The van der Waals surface area contributed by atoms with E-state index in [1.165, 1.54) is 6.26 Å². The molecule has 0 bridgehead atoms. The van der Waals surface area contributed by atoms with E-state index in [1.807, 2.05) is 0 Å². The predicted octanol–water partition coefficient (Wildman–Crippen LogP) is 1.39. The summed E-state index contributed by atoms with van der Waals surface area (Å²) < 4.78 is 18.2. The number of halogens is 2. The van der Waals surface area contributed by atoms with E-state index < -0.39 is 9.73 Å². The monoisotopic (exact) mass is 234 g/mol. The Balaban J connectivity index is 0.